The summed E-state index contributed by atoms with van der Waals surface area (Å²) in [6, 6.07) is 52.8. The van der Waals surface area contributed by atoms with Crippen molar-refractivity contribution in [2.75, 3.05) is 0 Å². The van der Waals surface area contributed by atoms with Crippen LogP contribution in [0.3, 0.4) is 0 Å². The van der Waals surface area contributed by atoms with Crippen molar-refractivity contribution in [3.05, 3.63) is 173 Å². The number of benzene rings is 6. The van der Waals surface area contributed by atoms with Crippen LogP contribution in [0.15, 0.2) is 146 Å². The molecule has 0 amide bonds. The summed E-state index contributed by atoms with van der Waals surface area (Å²) in [7, 11) is 0. The minimum absolute atomic E-state index is 0.000628. The summed E-state index contributed by atoms with van der Waals surface area (Å²) in [5, 5.41) is 14.0. The lowest BCUT2D eigenvalue weighted by Gasteiger charge is -2.39. The lowest BCUT2D eigenvalue weighted by Crippen LogP contribution is -2.54. The average Bonchev–Trinajstić information content (AvgIpc) is 3.58. The van der Waals surface area contributed by atoms with E-state index in [9.17, 15) is 0 Å². The molecule has 6 aromatic carbocycles. The fraction of sp³-hybridized carbons (Fsp3) is 0.143. The highest BCUT2D eigenvalue weighted by Crippen LogP contribution is 2.52. The van der Waals surface area contributed by atoms with Crippen molar-refractivity contribution in [1.29, 1.82) is 0 Å². The van der Waals surface area contributed by atoms with Crippen LogP contribution in [0, 0.1) is 0 Å². The zero-order valence-corrected chi connectivity index (χ0v) is 26.0. The Kier molecular flexibility index (Phi) is 6.26. The first-order valence-electron chi connectivity index (χ1n) is 16.2. The van der Waals surface area contributed by atoms with Gasteiger partial charge in [-0.25, -0.2) is 0 Å². The number of nitrogens with one attached hydrogen (secondary N) is 3. The average molecular weight is 597 g/mol. The molecular weight excluding hydrogens is 560 g/mol. The van der Waals surface area contributed by atoms with Crippen LogP contribution < -0.4 is 16.0 Å². The number of aromatic nitrogens is 1. The monoisotopic (exact) mass is 596 g/mol. The van der Waals surface area contributed by atoms with Gasteiger partial charge in [-0.05, 0) is 51.6 Å². The van der Waals surface area contributed by atoms with Crippen molar-refractivity contribution >= 4 is 21.8 Å². The summed E-state index contributed by atoms with van der Waals surface area (Å²) in [5.41, 5.74) is 12.8. The van der Waals surface area contributed by atoms with Gasteiger partial charge < -0.3 is 4.57 Å². The summed E-state index contributed by atoms with van der Waals surface area (Å²) in [6.07, 6.45) is -0.0397. The van der Waals surface area contributed by atoms with Crippen molar-refractivity contribution in [2.45, 2.75) is 37.8 Å². The standard InChI is InChI=1S/C42H36N4/c1-42(2)34-19-11-9-18-33(34)37-35(42)26-25-32-31-17-10-12-20-36(31)46(38(32)37)30-23-21-29(22-24-30)41-44-39(27-13-5-3-6-14-27)43-40(45-41)28-15-7-4-8-16-28/h3-26,39-41,43-45H,1-2H3. The van der Waals surface area contributed by atoms with Gasteiger partial charge in [-0.1, -0.05) is 141 Å². The summed E-state index contributed by atoms with van der Waals surface area (Å²) >= 11 is 0. The number of hydrogen-bond acceptors (Lipinski definition) is 3. The third-order valence-corrected chi connectivity index (χ3v) is 10.1. The molecule has 0 spiro atoms. The van der Waals surface area contributed by atoms with Crippen LogP contribution in [0.2, 0.25) is 0 Å². The molecule has 2 aliphatic rings. The second kappa shape index (κ2) is 10.5. The van der Waals surface area contributed by atoms with Crippen LogP contribution in [-0.4, -0.2) is 4.57 Å². The fourth-order valence-electron chi connectivity index (χ4n) is 7.84. The van der Waals surface area contributed by atoms with Crippen LogP contribution in [0.25, 0.3) is 38.6 Å². The maximum absolute atomic E-state index is 3.82. The van der Waals surface area contributed by atoms with Gasteiger partial charge in [0, 0.05) is 27.4 Å². The third kappa shape index (κ3) is 4.19. The molecule has 1 fully saturated rings. The van der Waals surface area contributed by atoms with E-state index in [1.165, 1.54) is 66.4 Å². The van der Waals surface area contributed by atoms with Crippen LogP contribution in [0.4, 0.5) is 0 Å². The number of fused-ring (bicyclic) bond motifs is 7. The Bertz CT molecular complexity index is 2170. The van der Waals surface area contributed by atoms with E-state index >= 15 is 0 Å². The molecule has 0 radical (unpaired) electrons. The molecule has 9 rings (SSSR count). The van der Waals surface area contributed by atoms with Gasteiger partial charge in [-0.2, -0.15) is 0 Å². The van der Waals surface area contributed by atoms with E-state index in [4.69, 9.17) is 0 Å². The minimum Gasteiger partial charge on any atom is -0.309 e. The molecule has 1 aromatic heterocycles. The predicted molar refractivity (Wildman–Crippen MR) is 189 cm³/mol. The van der Waals surface area contributed by atoms with Crippen molar-refractivity contribution in [1.82, 2.24) is 20.5 Å². The van der Waals surface area contributed by atoms with Crippen LogP contribution in [0.1, 0.15) is 60.2 Å². The molecule has 1 saturated heterocycles. The van der Waals surface area contributed by atoms with E-state index in [1.54, 1.807) is 0 Å². The highest BCUT2D eigenvalue weighted by atomic mass is 15.4. The molecule has 4 nitrogen and oxygen atoms in total. The van der Waals surface area contributed by atoms with Gasteiger partial charge in [0.25, 0.3) is 0 Å². The quantitative estimate of drug-likeness (QED) is 0.190. The molecule has 2 unspecified atom stereocenters. The normalized spacial score (nSPS) is 20.1. The Morgan fingerprint density at radius 2 is 1.02 bits per heavy atom. The molecule has 3 N–H and O–H groups in total. The number of rotatable bonds is 4. The SMILES string of the molecule is CC1(C)c2ccccc2-c2c1ccc1c3ccccc3n(-c3ccc(C4NC(c5ccccc5)NC(c5ccccc5)N4)cc3)c21. The van der Waals surface area contributed by atoms with Crippen molar-refractivity contribution < 1.29 is 0 Å². The van der Waals surface area contributed by atoms with Crippen LogP contribution in [0.5, 0.6) is 0 Å². The largest absolute Gasteiger partial charge is 0.309 e. The molecule has 1 aliphatic carbocycles. The zero-order valence-electron chi connectivity index (χ0n) is 26.0. The summed E-state index contributed by atoms with van der Waals surface area (Å²) < 4.78 is 2.48. The Morgan fingerprint density at radius 3 is 1.67 bits per heavy atom. The van der Waals surface area contributed by atoms with E-state index in [2.05, 4.69) is 180 Å². The molecule has 1 aliphatic heterocycles. The summed E-state index contributed by atoms with van der Waals surface area (Å²) in [5.74, 6) is 0. The Hall–Kier alpha value is -5.00. The van der Waals surface area contributed by atoms with Crippen molar-refractivity contribution in [3.8, 4) is 16.8 Å². The van der Waals surface area contributed by atoms with E-state index in [-0.39, 0.29) is 23.9 Å². The maximum atomic E-state index is 3.82. The topological polar surface area (TPSA) is 41.0 Å². The molecule has 7 aromatic rings. The van der Waals surface area contributed by atoms with E-state index in [0.29, 0.717) is 0 Å². The third-order valence-electron chi connectivity index (χ3n) is 10.1. The van der Waals surface area contributed by atoms with Crippen molar-refractivity contribution in [2.24, 2.45) is 0 Å². The summed E-state index contributed by atoms with van der Waals surface area (Å²) in [6.45, 7) is 4.71. The van der Waals surface area contributed by atoms with Crippen LogP contribution in [-0.2, 0) is 5.41 Å². The Labute approximate surface area is 269 Å². The Morgan fingerprint density at radius 1 is 0.478 bits per heavy atom. The van der Waals surface area contributed by atoms with E-state index in [0.717, 1.165) is 0 Å². The Balaban J connectivity index is 1.17. The first kappa shape index (κ1) is 27.3. The van der Waals surface area contributed by atoms with Gasteiger partial charge >= 0.3 is 0 Å². The molecule has 2 atom stereocenters. The fourth-order valence-corrected chi connectivity index (χ4v) is 7.84. The van der Waals surface area contributed by atoms with Gasteiger partial charge in [0.2, 0.25) is 0 Å². The summed E-state index contributed by atoms with van der Waals surface area (Å²) in [4.78, 5) is 0. The lowest BCUT2D eigenvalue weighted by atomic mass is 9.82. The molecule has 4 heteroatoms. The van der Waals surface area contributed by atoms with Gasteiger partial charge in [-0.3, -0.25) is 16.0 Å². The molecular formula is C42H36N4. The molecule has 224 valence electrons. The molecule has 46 heavy (non-hydrogen) atoms. The number of hydrogen-bond donors (Lipinski definition) is 3. The minimum atomic E-state index is -0.0534. The first-order valence-corrected chi connectivity index (χ1v) is 16.2. The van der Waals surface area contributed by atoms with Gasteiger partial charge in [0.1, 0.15) is 0 Å². The van der Waals surface area contributed by atoms with Gasteiger partial charge in [0.05, 0.1) is 29.5 Å². The van der Waals surface area contributed by atoms with E-state index in [1.807, 2.05) is 0 Å². The molecule has 0 saturated carbocycles. The second-order valence-corrected chi connectivity index (χ2v) is 13.1. The number of nitrogens with zero attached hydrogens (tertiary/aromatic N) is 1. The molecule has 2 heterocycles. The second-order valence-electron chi connectivity index (χ2n) is 13.1. The highest BCUT2D eigenvalue weighted by molar-refractivity contribution is 6.15. The number of para-hydroxylation sites is 1. The van der Waals surface area contributed by atoms with Crippen molar-refractivity contribution in [3.63, 3.8) is 0 Å². The van der Waals surface area contributed by atoms with Gasteiger partial charge in [0.15, 0.2) is 0 Å². The maximum Gasteiger partial charge on any atom is 0.0864 e. The smallest absolute Gasteiger partial charge is 0.0864 e. The van der Waals surface area contributed by atoms with Gasteiger partial charge in [-0.15, -0.1) is 0 Å². The lowest BCUT2D eigenvalue weighted by molar-refractivity contribution is 0.203. The molecule has 0 bridgehead atoms. The van der Waals surface area contributed by atoms with Crippen LogP contribution >= 0.6 is 0 Å². The zero-order chi connectivity index (χ0) is 30.8. The van der Waals surface area contributed by atoms with E-state index < -0.39 is 0 Å². The predicted octanol–water partition coefficient (Wildman–Crippen LogP) is 9.27. The highest BCUT2D eigenvalue weighted by Gasteiger charge is 2.37. The first-order chi connectivity index (χ1) is 22.6.